The van der Waals surface area contributed by atoms with Gasteiger partial charge in [-0.3, -0.25) is 0 Å². The van der Waals surface area contributed by atoms with Crippen molar-refractivity contribution in [3.63, 3.8) is 0 Å². The second-order valence-corrected chi connectivity index (χ2v) is 6.49. The molecule has 0 aliphatic heterocycles. The van der Waals surface area contributed by atoms with Crippen LogP contribution in [0, 0.1) is 0 Å². The molecule has 0 atom stereocenters. The lowest BCUT2D eigenvalue weighted by Gasteiger charge is -2.12. The fraction of sp³-hybridized carbons (Fsp3) is 0.130. The van der Waals surface area contributed by atoms with Crippen molar-refractivity contribution in [1.29, 1.82) is 0 Å². The number of aromatic nitrogens is 2. The van der Waals surface area contributed by atoms with Crippen LogP contribution in [0.3, 0.4) is 0 Å². The van der Waals surface area contributed by atoms with E-state index in [-0.39, 0.29) is 13.2 Å². The number of para-hydroxylation sites is 1. The Bertz CT molecular complexity index is 1120. The third-order valence-corrected chi connectivity index (χ3v) is 4.43. The lowest BCUT2D eigenvalue weighted by molar-refractivity contribution is 0.201. The highest BCUT2D eigenvalue weighted by atomic mass is 16.5. The molecule has 30 heavy (non-hydrogen) atoms. The molecular formula is C23H22N4O3. The van der Waals surface area contributed by atoms with E-state index in [4.69, 9.17) is 14.6 Å². The summed E-state index contributed by atoms with van der Waals surface area (Å²) in [6.45, 7) is 0.246. The fourth-order valence-corrected chi connectivity index (χ4v) is 2.97. The maximum atomic E-state index is 8.86. The number of nitrogens with zero attached hydrogens (tertiary/aromatic N) is 2. The van der Waals surface area contributed by atoms with E-state index in [2.05, 4.69) is 20.6 Å². The first-order valence-electron chi connectivity index (χ1n) is 9.54. The van der Waals surface area contributed by atoms with Crippen LogP contribution < -0.4 is 20.1 Å². The number of rotatable bonds is 8. The summed E-state index contributed by atoms with van der Waals surface area (Å²) in [5.41, 5.74) is 2.56. The van der Waals surface area contributed by atoms with Gasteiger partial charge >= 0.3 is 0 Å². The second kappa shape index (κ2) is 9.11. The van der Waals surface area contributed by atoms with Crippen LogP contribution in [0.25, 0.3) is 10.9 Å². The summed E-state index contributed by atoms with van der Waals surface area (Å²) in [5.74, 6) is 2.67. The van der Waals surface area contributed by atoms with Gasteiger partial charge < -0.3 is 25.2 Å². The minimum atomic E-state index is -0.0189. The zero-order chi connectivity index (χ0) is 20.8. The van der Waals surface area contributed by atoms with Gasteiger partial charge in [-0.25, -0.2) is 4.98 Å². The highest BCUT2D eigenvalue weighted by molar-refractivity contribution is 5.92. The lowest BCUT2D eigenvalue weighted by atomic mass is 10.2. The van der Waals surface area contributed by atoms with E-state index in [1.807, 2.05) is 72.8 Å². The molecule has 152 valence electrons. The number of benzene rings is 3. The van der Waals surface area contributed by atoms with Gasteiger partial charge in [0.05, 0.1) is 19.2 Å². The second-order valence-electron chi connectivity index (χ2n) is 6.49. The number of aliphatic hydroxyl groups excluding tert-OH is 1. The van der Waals surface area contributed by atoms with Crippen molar-refractivity contribution in [3.05, 3.63) is 72.8 Å². The van der Waals surface area contributed by atoms with Gasteiger partial charge in [0, 0.05) is 16.8 Å². The Morgan fingerprint density at radius 3 is 2.17 bits per heavy atom. The smallest absolute Gasteiger partial charge is 0.229 e. The van der Waals surface area contributed by atoms with Crippen molar-refractivity contribution in [2.24, 2.45) is 0 Å². The topological polar surface area (TPSA) is 88.5 Å². The Hall–Kier alpha value is -3.84. The molecule has 3 aromatic carbocycles. The van der Waals surface area contributed by atoms with E-state index < -0.39 is 0 Å². The molecule has 3 N–H and O–H groups in total. The Morgan fingerprint density at radius 1 is 0.800 bits per heavy atom. The maximum absolute atomic E-state index is 8.86. The zero-order valence-electron chi connectivity index (χ0n) is 16.5. The highest BCUT2D eigenvalue weighted by Gasteiger charge is 2.09. The van der Waals surface area contributed by atoms with E-state index in [1.54, 1.807) is 7.11 Å². The summed E-state index contributed by atoms with van der Waals surface area (Å²) in [7, 11) is 1.64. The Balaban J connectivity index is 1.60. The van der Waals surface area contributed by atoms with Crippen molar-refractivity contribution in [2.45, 2.75) is 0 Å². The number of hydrogen-bond donors (Lipinski definition) is 3. The van der Waals surface area contributed by atoms with Crippen LogP contribution >= 0.6 is 0 Å². The molecule has 0 fully saturated rings. The molecule has 0 spiro atoms. The number of methoxy groups -OCH3 is 1. The van der Waals surface area contributed by atoms with E-state index >= 15 is 0 Å². The molecule has 0 radical (unpaired) electrons. The Morgan fingerprint density at radius 2 is 1.47 bits per heavy atom. The molecule has 0 saturated heterocycles. The van der Waals surface area contributed by atoms with Crippen molar-refractivity contribution in [2.75, 3.05) is 31.0 Å². The first-order valence-corrected chi connectivity index (χ1v) is 9.54. The molecule has 4 aromatic rings. The first-order chi connectivity index (χ1) is 14.7. The van der Waals surface area contributed by atoms with Crippen LogP contribution in [0.4, 0.5) is 23.1 Å². The maximum Gasteiger partial charge on any atom is 0.229 e. The number of ether oxygens (including phenoxy) is 2. The van der Waals surface area contributed by atoms with Crippen LogP contribution in [0.15, 0.2) is 72.8 Å². The highest BCUT2D eigenvalue weighted by Crippen LogP contribution is 2.27. The minimum absolute atomic E-state index is 0.0189. The number of aliphatic hydroxyl groups is 1. The van der Waals surface area contributed by atoms with Crippen molar-refractivity contribution in [1.82, 2.24) is 9.97 Å². The van der Waals surface area contributed by atoms with Gasteiger partial charge in [0.1, 0.15) is 23.9 Å². The van der Waals surface area contributed by atoms with Crippen molar-refractivity contribution < 1.29 is 14.6 Å². The van der Waals surface area contributed by atoms with E-state index in [0.717, 1.165) is 28.0 Å². The van der Waals surface area contributed by atoms with E-state index in [9.17, 15) is 0 Å². The van der Waals surface area contributed by atoms with Gasteiger partial charge in [0.15, 0.2) is 0 Å². The molecule has 0 unspecified atom stereocenters. The summed E-state index contributed by atoms with van der Waals surface area (Å²) in [6, 6.07) is 22.9. The third-order valence-electron chi connectivity index (χ3n) is 4.43. The molecule has 1 heterocycles. The van der Waals surface area contributed by atoms with Crippen LogP contribution in [-0.4, -0.2) is 35.4 Å². The number of nitrogens with one attached hydrogen (secondary N) is 2. The number of fused-ring (bicyclic) bond motifs is 1. The first kappa shape index (κ1) is 19.5. The zero-order valence-corrected chi connectivity index (χ0v) is 16.5. The third kappa shape index (κ3) is 4.59. The van der Waals surface area contributed by atoms with Gasteiger partial charge in [-0.2, -0.15) is 4.98 Å². The van der Waals surface area contributed by atoms with Gasteiger partial charge in [0.25, 0.3) is 0 Å². The standard InChI is InChI=1S/C23H22N4O3/c1-29-18-10-6-16(7-11-18)24-22-20-4-2-3-5-21(20)26-23(27-22)25-17-8-12-19(13-9-17)30-15-14-28/h2-13,28H,14-15H2,1H3,(H2,24,25,26,27). The average molecular weight is 402 g/mol. The molecular weight excluding hydrogens is 380 g/mol. The van der Waals surface area contributed by atoms with Crippen LogP contribution in [0.1, 0.15) is 0 Å². The van der Waals surface area contributed by atoms with Crippen LogP contribution in [0.2, 0.25) is 0 Å². The van der Waals surface area contributed by atoms with Crippen LogP contribution in [0.5, 0.6) is 11.5 Å². The monoisotopic (exact) mass is 402 g/mol. The Kier molecular flexibility index (Phi) is 5.91. The predicted molar refractivity (Wildman–Crippen MR) is 118 cm³/mol. The SMILES string of the molecule is COc1ccc(Nc2nc(Nc3ccc(OCCO)cc3)nc3ccccc23)cc1. The summed E-state index contributed by atoms with van der Waals surface area (Å²) in [6.07, 6.45) is 0. The molecule has 0 bridgehead atoms. The Labute approximate surface area is 174 Å². The molecule has 0 aliphatic rings. The van der Waals surface area contributed by atoms with Crippen LogP contribution in [-0.2, 0) is 0 Å². The number of hydrogen-bond acceptors (Lipinski definition) is 7. The van der Waals surface area contributed by atoms with Gasteiger partial charge in [-0.15, -0.1) is 0 Å². The number of anilines is 4. The molecule has 4 rings (SSSR count). The molecule has 0 aliphatic carbocycles. The summed E-state index contributed by atoms with van der Waals surface area (Å²) < 4.78 is 10.6. The van der Waals surface area contributed by atoms with Gasteiger partial charge in [0.2, 0.25) is 5.95 Å². The van der Waals surface area contributed by atoms with Gasteiger partial charge in [-0.05, 0) is 60.7 Å². The molecule has 0 amide bonds. The summed E-state index contributed by atoms with van der Waals surface area (Å²) in [4.78, 5) is 9.30. The van der Waals surface area contributed by atoms with Crippen molar-refractivity contribution in [3.8, 4) is 11.5 Å². The minimum Gasteiger partial charge on any atom is -0.497 e. The van der Waals surface area contributed by atoms with E-state index in [0.29, 0.717) is 17.5 Å². The summed E-state index contributed by atoms with van der Waals surface area (Å²) >= 11 is 0. The summed E-state index contributed by atoms with van der Waals surface area (Å²) in [5, 5.41) is 16.4. The molecule has 0 saturated carbocycles. The largest absolute Gasteiger partial charge is 0.497 e. The molecule has 7 nitrogen and oxygen atoms in total. The molecule has 1 aromatic heterocycles. The van der Waals surface area contributed by atoms with E-state index in [1.165, 1.54) is 0 Å². The van der Waals surface area contributed by atoms with Crippen molar-refractivity contribution >= 4 is 34.0 Å². The quantitative estimate of drug-likeness (QED) is 0.400. The fourth-order valence-electron chi connectivity index (χ4n) is 2.97. The normalized spacial score (nSPS) is 10.6. The predicted octanol–water partition coefficient (Wildman–Crippen LogP) is 4.50. The average Bonchev–Trinajstić information content (AvgIpc) is 2.79. The lowest BCUT2D eigenvalue weighted by Crippen LogP contribution is -2.03. The molecule has 7 heteroatoms. The van der Waals surface area contributed by atoms with Gasteiger partial charge in [-0.1, -0.05) is 12.1 Å².